The maximum atomic E-state index is 11.7. The van der Waals surface area contributed by atoms with Gasteiger partial charge in [0.15, 0.2) is 6.10 Å². The molecule has 1 amide bonds. The van der Waals surface area contributed by atoms with E-state index in [4.69, 9.17) is 4.74 Å². The van der Waals surface area contributed by atoms with E-state index in [1.807, 2.05) is 0 Å². The Kier molecular flexibility index (Phi) is 5.75. The molecule has 0 bridgehead atoms. The SMILES string of the molecule is CC(C)(C)OC(=O)[C@@H](O)CCNC(=O)[C@@H]1CCCN1. The van der Waals surface area contributed by atoms with Crippen molar-refractivity contribution in [2.75, 3.05) is 13.1 Å². The van der Waals surface area contributed by atoms with Gasteiger partial charge in [-0.3, -0.25) is 4.79 Å². The van der Waals surface area contributed by atoms with Crippen LogP contribution in [0, 0.1) is 0 Å². The number of hydrogen-bond donors (Lipinski definition) is 3. The summed E-state index contributed by atoms with van der Waals surface area (Å²) >= 11 is 0. The summed E-state index contributed by atoms with van der Waals surface area (Å²) in [6.07, 6.45) is 0.794. The molecule has 6 nitrogen and oxygen atoms in total. The Morgan fingerprint density at radius 1 is 1.47 bits per heavy atom. The van der Waals surface area contributed by atoms with Crippen molar-refractivity contribution in [1.82, 2.24) is 10.6 Å². The van der Waals surface area contributed by atoms with E-state index >= 15 is 0 Å². The van der Waals surface area contributed by atoms with Crippen LogP contribution in [0.4, 0.5) is 0 Å². The summed E-state index contributed by atoms with van der Waals surface area (Å²) in [5.41, 5.74) is -0.616. The highest BCUT2D eigenvalue weighted by molar-refractivity contribution is 5.82. The lowest BCUT2D eigenvalue weighted by Gasteiger charge is -2.21. The second-order valence-electron chi connectivity index (χ2n) is 5.78. The van der Waals surface area contributed by atoms with E-state index in [-0.39, 0.29) is 24.9 Å². The van der Waals surface area contributed by atoms with E-state index in [0.717, 1.165) is 19.4 Å². The van der Waals surface area contributed by atoms with E-state index in [9.17, 15) is 14.7 Å². The molecule has 1 rings (SSSR count). The molecule has 0 aliphatic carbocycles. The zero-order valence-electron chi connectivity index (χ0n) is 11.9. The lowest BCUT2D eigenvalue weighted by Crippen LogP contribution is -2.42. The highest BCUT2D eigenvalue weighted by atomic mass is 16.6. The van der Waals surface area contributed by atoms with E-state index in [0.29, 0.717) is 0 Å². The first-order valence-corrected chi connectivity index (χ1v) is 6.71. The number of nitrogens with one attached hydrogen (secondary N) is 2. The normalized spacial score (nSPS) is 20.9. The van der Waals surface area contributed by atoms with Crippen LogP contribution in [0.5, 0.6) is 0 Å². The van der Waals surface area contributed by atoms with Crippen LogP contribution in [-0.4, -0.2) is 47.8 Å². The van der Waals surface area contributed by atoms with Gasteiger partial charge in [-0.05, 0) is 40.2 Å². The van der Waals surface area contributed by atoms with Crippen LogP contribution >= 0.6 is 0 Å². The Morgan fingerprint density at radius 2 is 2.16 bits per heavy atom. The molecular weight excluding hydrogens is 248 g/mol. The van der Waals surface area contributed by atoms with Crippen molar-refractivity contribution in [3.05, 3.63) is 0 Å². The molecule has 0 aromatic rings. The minimum Gasteiger partial charge on any atom is -0.458 e. The molecule has 3 N–H and O–H groups in total. The Morgan fingerprint density at radius 3 is 2.68 bits per heavy atom. The van der Waals surface area contributed by atoms with Gasteiger partial charge < -0.3 is 20.5 Å². The zero-order chi connectivity index (χ0) is 14.5. The molecule has 0 spiro atoms. The summed E-state index contributed by atoms with van der Waals surface area (Å²) < 4.78 is 5.04. The average Bonchev–Trinajstić information content (AvgIpc) is 2.79. The molecule has 0 saturated carbocycles. The maximum absolute atomic E-state index is 11.7. The average molecular weight is 272 g/mol. The molecule has 110 valence electrons. The predicted octanol–water partition coefficient (Wildman–Crippen LogP) is -0.0527. The highest BCUT2D eigenvalue weighted by Crippen LogP contribution is 2.09. The molecule has 1 saturated heterocycles. The first-order chi connectivity index (χ1) is 8.79. The number of esters is 1. The van der Waals surface area contributed by atoms with Crippen molar-refractivity contribution < 1.29 is 19.4 Å². The van der Waals surface area contributed by atoms with Crippen LogP contribution < -0.4 is 10.6 Å². The number of aliphatic hydroxyl groups is 1. The molecular formula is C13H24N2O4. The number of ether oxygens (including phenoxy) is 1. The first-order valence-electron chi connectivity index (χ1n) is 6.71. The summed E-state index contributed by atoms with van der Waals surface area (Å²) in [6, 6.07) is -0.140. The minimum absolute atomic E-state index is 0.0751. The topological polar surface area (TPSA) is 87.7 Å². The smallest absolute Gasteiger partial charge is 0.335 e. The van der Waals surface area contributed by atoms with Crippen LogP contribution in [0.3, 0.4) is 0 Å². The zero-order valence-corrected chi connectivity index (χ0v) is 11.9. The third kappa shape index (κ3) is 6.02. The van der Waals surface area contributed by atoms with Crippen molar-refractivity contribution in [1.29, 1.82) is 0 Å². The van der Waals surface area contributed by atoms with E-state index in [1.54, 1.807) is 20.8 Å². The monoisotopic (exact) mass is 272 g/mol. The van der Waals surface area contributed by atoms with Crippen molar-refractivity contribution >= 4 is 11.9 Å². The summed E-state index contributed by atoms with van der Waals surface area (Å²) in [5.74, 6) is -0.727. The van der Waals surface area contributed by atoms with Gasteiger partial charge in [0.2, 0.25) is 5.91 Å². The molecule has 19 heavy (non-hydrogen) atoms. The molecule has 1 aliphatic rings. The third-order valence-corrected chi connectivity index (χ3v) is 2.77. The summed E-state index contributed by atoms with van der Waals surface area (Å²) in [5, 5.41) is 15.4. The fraction of sp³-hybridized carbons (Fsp3) is 0.846. The van der Waals surface area contributed by atoms with Crippen molar-refractivity contribution in [3.8, 4) is 0 Å². The number of carbonyl (C=O) groups excluding carboxylic acids is 2. The number of amides is 1. The predicted molar refractivity (Wildman–Crippen MR) is 70.5 cm³/mol. The van der Waals surface area contributed by atoms with Crippen LogP contribution in [0.2, 0.25) is 0 Å². The Hall–Kier alpha value is -1.14. The van der Waals surface area contributed by atoms with Gasteiger partial charge in [0.1, 0.15) is 5.60 Å². The van der Waals surface area contributed by atoms with E-state index in [2.05, 4.69) is 10.6 Å². The third-order valence-electron chi connectivity index (χ3n) is 2.77. The minimum atomic E-state index is -1.20. The van der Waals surface area contributed by atoms with Gasteiger partial charge in [-0.1, -0.05) is 0 Å². The Labute approximate surface area is 113 Å². The quantitative estimate of drug-likeness (QED) is 0.611. The molecule has 2 atom stereocenters. The molecule has 0 aromatic carbocycles. The summed E-state index contributed by atoms with van der Waals surface area (Å²) in [7, 11) is 0. The standard InChI is InChI=1S/C13H24N2O4/c1-13(2,3)19-12(18)10(16)6-8-15-11(17)9-5-4-7-14-9/h9-10,14,16H,4-8H2,1-3H3,(H,15,17)/t9-,10-/m0/s1. The second kappa shape index (κ2) is 6.86. The molecule has 6 heteroatoms. The van der Waals surface area contributed by atoms with Crippen LogP contribution in [0.25, 0.3) is 0 Å². The largest absolute Gasteiger partial charge is 0.458 e. The van der Waals surface area contributed by atoms with Crippen molar-refractivity contribution in [2.24, 2.45) is 0 Å². The number of carbonyl (C=O) groups is 2. The van der Waals surface area contributed by atoms with Crippen molar-refractivity contribution in [2.45, 2.75) is 57.8 Å². The van der Waals surface area contributed by atoms with Crippen molar-refractivity contribution in [3.63, 3.8) is 0 Å². The molecule has 1 fully saturated rings. The lowest BCUT2D eigenvalue weighted by molar-refractivity contribution is -0.165. The van der Waals surface area contributed by atoms with Crippen LogP contribution in [0.15, 0.2) is 0 Å². The van der Waals surface area contributed by atoms with Gasteiger partial charge >= 0.3 is 5.97 Å². The Bertz CT molecular complexity index is 319. The van der Waals surface area contributed by atoms with Gasteiger partial charge in [0.05, 0.1) is 6.04 Å². The lowest BCUT2D eigenvalue weighted by atomic mass is 10.2. The first kappa shape index (κ1) is 15.9. The molecule has 0 radical (unpaired) electrons. The molecule has 0 unspecified atom stereocenters. The van der Waals surface area contributed by atoms with Gasteiger partial charge in [-0.2, -0.15) is 0 Å². The Balaban J connectivity index is 2.21. The van der Waals surface area contributed by atoms with Gasteiger partial charge in [0.25, 0.3) is 0 Å². The highest BCUT2D eigenvalue weighted by Gasteiger charge is 2.24. The fourth-order valence-corrected chi connectivity index (χ4v) is 1.85. The molecule has 1 heterocycles. The van der Waals surface area contributed by atoms with E-state index in [1.165, 1.54) is 0 Å². The molecule has 0 aromatic heterocycles. The van der Waals surface area contributed by atoms with E-state index < -0.39 is 17.7 Å². The van der Waals surface area contributed by atoms with Gasteiger partial charge in [0, 0.05) is 13.0 Å². The summed E-state index contributed by atoms with van der Waals surface area (Å²) in [6.45, 7) is 6.34. The number of rotatable bonds is 5. The fourth-order valence-electron chi connectivity index (χ4n) is 1.85. The maximum Gasteiger partial charge on any atom is 0.335 e. The second-order valence-corrected chi connectivity index (χ2v) is 5.78. The van der Waals surface area contributed by atoms with Gasteiger partial charge in [-0.25, -0.2) is 4.79 Å². The van der Waals surface area contributed by atoms with Gasteiger partial charge in [-0.15, -0.1) is 0 Å². The summed E-state index contributed by atoms with van der Waals surface area (Å²) in [4.78, 5) is 23.1. The van der Waals surface area contributed by atoms with Crippen LogP contribution in [0.1, 0.15) is 40.0 Å². The molecule has 1 aliphatic heterocycles. The van der Waals surface area contributed by atoms with Crippen LogP contribution in [-0.2, 0) is 14.3 Å². The number of aliphatic hydroxyl groups excluding tert-OH is 1. The number of hydrogen-bond acceptors (Lipinski definition) is 5.